The van der Waals surface area contributed by atoms with Crippen molar-refractivity contribution in [3.05, 3.63) is 47.8 Å². The van der Waals surface area contributed by atoms with Gasteiger partial charge in [-0.3, -0.25) is 0 Å². The molecular weight excluding hydrogens is 564 g/mol. The van der Waals surface area contributed by atoms with Crippen LogP contribution < -0.4 is 5.73 Å². The highest BCUT2D eigenvalue weighted by atomic mass is 16.5. The number of carbonyl (C=O) groups is 1. The fourth-order valence-electron chi connectivity index (χ4n) is 5.87. The van der Waals surface area contributed by atoms with Crippen LogP contribution in [0.15, 0.2) is 47.8 Å². The summed E-state index contributed by atoms with van der Waals surface area (Å²) in [5.41, 5.74) is 6.54. The number of amides is 1. The summed E-state index contributed by atoms with van der Waals surface area (Å²) in [5, 5.41) is 0. The van der Waals surface area contributed by atoms with Crippen molar-refractivity contribution < 1.29 is 9.53 Å². The highest BCUT2D eigenvalue weighted by molar-refractivity contribution is 5.67. The summed E-state index contributed by atoms with van der Waals surface area (Å²) in [6.07, 6.45) is 49.0. The summed E-state index contributed by atoms with van der Waals surface area (Å²) in [6.45, 7) is 5.30. The van der Waals surface area contributed by atoms with Gasteiger partial charge in [-0.2, -0.15) is 0 Å². The molecule has 0 unspecified atom stereocenters. The van der Waals surface area contributed by atoms with Gasteiger partial charge in [0.25, 0.3) is 0 Å². The monoisotopic (exact) mass is 643 g/mol. The van der Waals surface area contributed by atoms with E-state index in [0.717, 1.165) is 31.4 Å². The van der Waals surface area contributed by atoms with E-state index in [4.69, 9.17) is 10.5 Å². The summed E-state index contributed by atoms with van der Waals surface area (Å²) in [6, 6.07) is 0. The summed E-state index contributed by atoms with van der Waals surface area (Å²) in [4.78, 5) is 13.8. The van der Waals surface area contributed by atoms with Crippen molar-refractivity contribution >= 4 is 6.09 Å². The van der Waals surface area contributed by atoms with Gasteiger partial charge in [0.1, 0.15) is 5.76 Å². The van der Waals surface area contributed by atoms with Gasteiger partial charge in [-0.1, -0.05) is 147 Å². The highest BCUT2D eigenvalue weighted by Gasteiger charge is 2.11. The molecule has 0 aromatic heterocycles. The number of unbranched alkanes of at least 4 members (excludes halogenated alkanes) is 24. The van der Waals surface area contributed by atoms with Crippen LogP contribution in [0, 0.1) is 0 Å². The molecular formula is C42H78N2O2. The Labute approximate surface area is 287 Å². The van der Waals surface area contributed by atoms with Gasteiger partial charge in [0, 0.05) is 12.1 Å². The zero-order valence-electron chi connectivity index (χ0n) is 31.3. The van der Waals surface area contributed by atoms with Gasteiger partial charge in [-0.05, 0) is 97.2 Å². The Morgan fingerprint density at radius 3 is 1.17 bits per heavy atom. The molecule has 0 saturated carbocycles. The zero-order valence-corrected chi connectivity index (χ0v) is 31.3. The molecule has 0 radical (unpaired) electrons. The van der Waals surface area contributed by atoms with Gasteiger partial charge in [0.05, 0.1) is 0 Å². The fraction of sp³-hybridized carbons (Fsp3) is 0.786. The number of hydrogen-bond acceptors (Lipinski definition) is 3. The number of ether oxygens (including phenoxy) is 1. The number of allylic oxidation sites excluding steroid dienone is 6. The molecule has 0 aliphatic rings. The molecule has 0 fully saturated rings. The van der Waals surface area contributed by atoms with Gasteiger partial charge in [-0.15, -0.1) is 0 Å². The molecule has 46 heavy (non-hydrogen) atoms. The second-order valence-electron chi connectivity index (χ2n) is 13.7. The Kier molecular flexibility index (Phi) is 34.6. The normalized spacial score (nSPS) is 12.7. The largest absolute Gasteiger partial charge is 0.411 e. The average Bonchev–Trinajstić information content (AvgIpc) is 3.02. The number of hydrogen-bond donors (Lipinski definition) is 1. The molecule has 268 valence electrons. The SMILES string of the molecule is CCCCCCCC/C=C\CCCCCCCC=C(CN(C)C)C(=CCCCCCCC/C=C\CCCCCCCC)OC(N)=O. The number of carbonyl (C=O) groups excluding carboxylic acids is 1. The van der Waals surface area contributed by atoms with E-state index in [1.165, 1.54) is 161 Å². The van der Waals surface area contributed by atoms with Crippen molar-refractivity contribution in [1.82, 2.24) is 4.90 Å². The van der Waals surface area contributed by atoms with E-state index in [-0.39, 0.29) is 0 Å². The first-order valence-corrected chi connectivity index (χ1v) is 19.8. The Morgan fingerprint density at radius 1 is 0.500 bits per heavy atom. The van der Waals surface area contributed by atoms with Gasteiger partial charge >= 0.3 is 6.09 Å². The van der Waals surface area contributed by atoms with Crippen LogP contribution in [-0.4, -0.2) is 31.6 Å². The third-order valence-electron chi connectivity index (χ3n) is 8.67. The number of rotatable bonds is 34. The van der Waals surface area contributed by atoms with Crippen molar-refractivity contribution in [1.29, 1.82) is 0 Å². The zero-order chi connectivity index (χ0) is 33.8. The minimum Gasteiger partial charge on any atom is -0.411 e. The van der Waals surface area contributed by atoms with Crippen molar-refractivity contribution in [2.45, 2.75) is 194 Å². The molecule has 0 aliphatic heterocycles. The van der Waals surface area contributed by atoms with Crippen LogP contribution in [-0.2, 0) is 4.74 Å². The van der Waals surface area contributed by atoms with Crippen molar-refractivity contribution in [3.63, 3.8) is 0 Å². The summed E-state index contributed by atoms with van der Waals surface area (Å²) in [7, 11) is 4.11. The predicted molar refractivity (Wildman–Crippen MR) is 204 cm³/mol. The Balaban J connectivity index is 4.22. The van der Waals surface area contributed by atoms with E-state index >= 15 is 0 Å². The Morgan fingerprint density at radius 2 is 0.826 bits per heavy atom. The average molecular weight is 643 g/mol. The molecule has 0 aromatic rings. The van der Waals surface area contributed by atoms with Crippen LogP contribution in [0.1, 0.15) is 194 Å². The summed E-state index contributed by atoms with van der Waals surface area (Å²) in [5.74, 6) is 0.657. The van der Waals surface area contributed by atoms with Crippen molar-refractivity contribution in [3.8, 4) is 0 Å². The molecule has 0 saturated heterocycles. The van der Waals surface area contributed by atoms with Crippen LogP contribution in [0.5, 0.6) is 0 Å². The Bertz CT molecular complexity index is 781. The lowest BCUT2D eigenvalue weighted by molar-refractivity contribution is 0.187. The minimum absolute atomic E-state index is 0.657. The maximum atomic E-state index is 11.7. The van der Waals surface area contributed by atoms with E-state index in [1.54, 1.807) is 0 Å². The molecule has 2 N–H and O–H groups in total. The number of primary amides is 1. The molecule has 0 aliphatic carbocycles. The van der Waals surface area contributed by atoms with Gasteiger partial charge in [0.2, 0.25) is 0 Å². The van der Waals surface area contributed by atoms with Gasteiger partial charge < -0.3 is 15.4 Å². The molecule has 4 nitrogen and oxygen atoms in total. The number of nitrogens with two attached hydrogens (primary N) is 1. The second kappa shape index (κ2) is 36.0. The molecule has 0 rings (SSSR count). The lowest BCUT2D eigenvalue weighted by atomic mass is 10.0. The molecule has 0 aromatic carbocycles. The molecule has 0 bridgehead atoms. The van der Waals surface area contributed by atoms with Gasteiger partial charge in [0.15, 0.2) is 0 Å². The standard InChI is InChI=1S/C42H78N2O2/c1-5-7-9-11-13-15-17-19-21-23-25-27-29-31-33-35-37-40(39-44(3)4)41(46-42(43)45)38-36-34-32-30-28-26-24-22-20-18-16-14-12-10-8-6-2/h19-22,37-38H,5-18,23-36,39H2,1-4H3,(H2,43,45)/b21-19-,22-20-,40-37?,41-38?. The Hall–Kier alpha value is -1.81. The molecule has 0 spiro atoms. The van der Waals surface area contributed by atoms with E-state index < -0.39 is 6.09 Å². The smallest absolute Gasteiger partial charge is 0.409 e. The predicted octanol–water partition coefficient (Wildman–Crippen LogP) is 13.5. The van der Waals surface area contributed by atoms with Crippen LogP contribution in [0.2, 0.25) is 0 Å². The summed E-state index contributed by atoms with van der Waals surface area (Å²) >= 11 is 0. The lowest BCUT2D eigenvalue weighted by Gasteiger charge is -2.16. The molecule has 4 heteroatoms. The van der Waals surface area contributed by atoms with Crippen LogP contribution >= 0.6 is 0 Å². The maximum absolute atomic E-state index is 11.7. The first-order valence-electron chi connectivity index (χ1n) is 19.8. The fourth-order valence-corrected chi connectivity index (χ4v) is 5.87. The van der Waals surface area contributed by atoms with E-state index in [0.29, 0.717) is 5.76 Å². The third kappa shape index (κ3) is 33.6. The quantitative estimate of drug-likeness (QED) is 0.0329. The first-order chi connectivity index (χ1) is 22.5. The molecule has 0 heterocycles. The summed E-state index contributed by atoms with van der Waals surface area (Å²) < 4.78 is 5.51. The van der Waals surface area contributed by atoms with E-state index in [2.05, 4.69) is 69.3 Å². The molecule has 0 atom stereocenters. The third-order valence-corrected chi connectivity index (χ3v) is 8.67. The van der Waals surface area contributed by atoms with Crippen LogP contribution in [0.3, 0.4) is 0 Å². The first kappa shape index (κ1) is 44.2. The molecule has 1 amide bonds. The van der Waals surface area contributed by atoms with E-state index in [9.17, 15) is 4.79 Å². The van der Waals surface area contributed by atoms with Crippen molar-refractivity contribution in [2.24, 2.45) is 5.73 Å². The van der Waals surface area contributed by atoms with Crippen LogP contribution in [0.4, 0.5) is 4.79 Å². The topological polar surface area (TPSA) is 55.6 Å². The lowest BCUT2D eigenvalue weighted by Crippen LogP contribution is -2.20. The van der Waals surface area contributed by atoms with Crippen molar-refractivity contribution in [2.75, 3.05) is 20.6 Å². The second-order valence-corrected chi connectivity index (χ2v) is 13.7. The maximum Gasteiger partial charge on any atom is 0.409 e. The number of likely N-dealkylation sites (N-methyl/N-ethyl adjacent to an activating group) is 1. The highest BCUT2D eigenvalue weighted by Crippen LogP contribution is 2.19. The number of nitrogens with zero attached hydrogens (tertiary/aromatic N) is 1. The van der Waals surface area contributed by atoms with Crippen LogP contribution in [0.25, 0.3) is 0 Å². The minimum atomic E-state index is -0.721. The van der Waals surface area contributed by atoms with Gasteiger partial charge in [-0.25, -0.2) is 4.79 Å². The van der Waals surface area contributed by atoms with E-state index in [1.807, 2.05) is 0 Å².